The van der Waals surface area contributed by atoms with Crippen LogP contribution < -0.4 is 0 Å². The standard InChI is InChI=1S/C21H24N2O2/c1-15(21-22-18-11-5-6-12-20(18)25-21)23-13-7-10-17(23)14-19(24)16-8-3-2-4-9-16/h2-6,8-9,11-12,15,17,19,24H,7,10,13-14H2,1H3. The van der Waals surface area contributed by atoms with Gasteiger partial charge in [-0.25, -0.2) is 4.98 Å². The monoisotopic (exact) mass is 336 g/mol. The molecule has 0 spiro atoms. The minimum Gasteiger partial charge on any atom is -0.439 e. The van der Waals surface area contributed by atoms with Gasteiger partial charge in [0.15, 0.2) is 5.58 Å². The number of aliphatic hydroxyl groups is 1. The average Bonchev–Trinajstić information content (AvgIpc) is 3.28. The zero-order chi connectivity index (χ0) is 17.2. The lowest BCUT2D eigenvalue weighted by Crippen LogP contribution is -2.33. The van der Waals surface area contributed by atoms with Gasteiger partial charge in [-0.15, -0.1) is 0 Å². The van der Waals surface area contributed by atoms with E-state index in [0.29, 0.717) is 6.04 Å². The SMILES string of the molecule is CC(c1nc2ccccc2o1)N1CCCC1CC(O)c1ccccc1. The number of likely N-dealkylation sites (tertiary alicyclic amines) is 1. The Hall–Kier alpha value is -2.17. The van der Waals surface area contributed by atoms with Crippen molar-refractivity contribution >= 4 is 11.1 Å². The summed E-state index contributed by atoms with van der Waals surface area (Å²) in [7, 11) is 0. The molecule has 0 amide bonds. The fourth-order valence-electron chi connectivity index (χ4n) is 3.90. The molecular formula is C21H24N2O2. The average molecular weight is 336 g/mol. The third kappa shape index (κ3) is 3.32. The number of fused-ring (bicyclic) bond motifs is 1. The van der Waals surface area contributed by atoms with Crippen LogP contribution in [0.15, 0.2) is 59.0 Å². The predicted molar refractivity (Wildman–Crippen MR) is 98.2 cm³/mol. The van der Waals surface area contributed by atoms with E-state index in [1.54, 1.807) is 0 Å². The molecule has 4 heteroatoms. The van der Waals surface area contributed by atoms with Crippen molar-refractivity contribution in [2.75, 3.05) is 6.54 Å². The molecule has 0 saturated carbocycles. The summed E-state index contributed by atoms with van der Waals surface area (Å²) in [6.07, 6.45) is 2.57. The number of para-hydroxylation sites is 2. The van der Waals surface area contributed by atoms with Gasteiger partial charge in [-0.3, -0.25) is 4.90 Å². The third-order valence-corrected chi connectivity index (χ3v) is 5.27. The molecule has 1 aliphatic heterocycles. The predicted octanol–water partition coefficient (Wildman–Crippen LogP) is 4.48. The van der Waals surface area contributed by atoms with Crippen molar-refractivity contribution < 1.29 is 9.52 Å². The Morgan fingerprint density at radius 1 is 1.16 bits per heavy atom. The quantitative estimate of drug-likeness (QED) is 0.746. The van der Waals surface area contributed by atoms with Crippen LogP contribution in [0.25, 0.3) is 11.1 Å². The summed E-state index contributed by atoms with van der Waals surface area (Å²) in [5, 5.41) is 10.6. The van der Waals surface area contributed by atoms with E-state index in [2.05, 4.69) is 16.8 Å². The van der Waals surface area contributed by atoms with Crippen LogP contribution in [-0.2, 0) is 0 Å². The van der Waals surface area contributed by atoms with Gasteiger partial charge in [-0.2, -0.15) is 0 Å². The molecule has 130 valence electrons. The Morgan fingerprint density at radius 2 is 1.92 bits per heavy atom. The maximum Gasteiger partial charge on any atom is 0.212 e. The second kappa shape index (κ2) is 6.98. The molecule has 3 unspecified atom stereocenters. The Balaban J connectivity index is 1.50. The number of hydrogen-bond acceptors (Lipinski definition) is 4. The summed E-state index contributed by atoms with van der Waals surface area (Å²) >= 11 is 0. The number of oxazole rings is 1. The maximum absolute atomic E-state index is 10.6. The molecule has 3 atom stereocenters. The van der Waals surface area contributed by atoms with Crippen molar-refractivity contribution in [3.63, 3.8) is 0 Å². The molecule has 25 heavy (non-hydrogen) atoms. The van der Waals surface area contributed by atoms with Crippen molar-refractivity contribution in [2.45, 2.75) is 44.4 Å². The highest BCUT2D eigenvalue weighted by molar-refractivity contribution is 5.72. The molecule has 1 saturated heterocycles. The molecule has 4 rings (SSSR count). The van der Waals surface area contributed by atoms with E-state index in [9.17, 15) is 5.11 Å². The molecule has 0 bridgehead atoms. The van der Waals surface area contributed by atoms with Gasteiger partial charge >= 0.3 is 0 Å². The Morgan fingerprint density at radius 3 is 2.72 bits per heavy atom. The molecule has 0 aliphatic carbocycles. The Labute approximate surface area is 148 Å². The van der Waals surface area contributed by atoms with Crippen LogP contribution in [0, 0.1) is 0 Å². The fourth-order valence-corrected chi connectivity index (χ4v) is 3.90. The van der Waals surface area contributed by atoms with Crippen molar-refractivity contribution in [1.29, 1.82) is 0 Å². The van der Waals surface area contributed by atoms with Gasteiger partial charge in [0.05, 0.1) is 12.1 Å². The third-order valence-electron chi connectivity index (χ3n) is 5.27. The van der Waals surface area contributed by atoms with Crippen molar-refractivity contribution in [3.05, 3.63) is 66.1 Å². The van der Waals surface area contributed by atoms with Crippen molar-refractivity contribution in [2.24, 2.45) is 0 Å². The van der Waals surface area contributed by atoms with E-state index < -0.39 is 6.10 Å². The lowest BCUT2D eigenvalue weighted by Gasteiger charge is -2.30. The first-order valence-electron chi connectivity index (χ1n) is 9.06. The smallest absolute Gasteiger partial charge is 0.212 e. The summed E-state index contributed by atoms with van der Waals surface area (Å²) in [6.45, 7) is 3.17. The molecule has 4 nitrogen and oxygen atoms in total. The highest BCUT2D eigenvalue weighted by Gasteiger charge is 2.33. The van der Waals surface area contributed by atoms with Crippen LogP contribution in [-0.4, -0.2) is 27.6 Å². The number of aromatic nitrogens is 1. The Kier molecular flexibility index (Phi) is 4.55. The van der Waals surface area contributed by atoms with E-state index in [4.69, 9.17) is 4.42 Å². The second-order valence-electron chi connectivity index (χ2n) is 6.89. The molecule has 1 aliphatic rings. The fraction of sp³-hybridized carbons (Fsp3) is 0.381. The van der Waals surface area contributed by atoms with Crippen molar-refractivity contribution in [3.8, 4) is 0 Å². The van der Waals surface area contributed by atoms with E-state index in [1.165, 1.54) is 0 Å². The molecule has 0 radical (unpaired) electrons. The lowest BCUT2D eigenvalue weighted by molar-refractivity contribution is 0.0963. The minimum atomic E-state index is -0.428. The molecular weight excluding hydrogens is 312 g/mol. The lowest BCUT2D eigenvalue weighted by atomic mass is 10.00. The Bertz CT molecular complexity index is 797. The van der Waals surface area contributed by atoms with E-state index in [1.807, 2.05) is 54.6 Å². The highest BCUT2D eigenvalue weighted by atomic mass is 16.3. The van der Waals surface area contributed by atoms with Crippen LogP contribution in [0.4, 0.5) is 0 Å². The number of hydrogen-bond donors (Lipinski definition) is 1. The number of nitrogens with zero attached hydrogens (tertiary/aromatic N) is 2. The van der Waals surface area contributed by atoms with Gasteiger partial charge in [0, 0.05) is 6.04 Å². The molecule has 2 heterocycles. The number of benzene rings is 2. The van der Waals surface area contributed by atoms with Crippen molar-refractivity contribution in [1.82, 2.24) is 9.88 Å². The molecule has 1 fully saturated rings. The summed E-state index contributed by atoms with van der Waals surface area (Å²) in [5.74, 6) is 0.766. The summed E-state index contributed by atoms with van der Waals surface area (Å²) in [5.41, 5.74) is 2.73. The number of rotatable bonds is 5. The molecule has 1 aromatic heterocycles. The van der Waals surface area contributed by atoms with E-state index >= 15 is 0 Å². The van der Waals surface area contributed by atoms with Gasteiger partial charge in [0.1, 0.15) is 5.52 Å². The van der Waals surface area contributed by atoms with Gasteiger partial charge in [-0.1, -0.05) is 42.5 Å². The first kappa shape index (κ1) is 16.3. The minimum absolute atomic E-state index is 0.114. The van der Waals surface area contributed by atoms with Crippen LogP contribution in [0.1, 0.15) is 49.8 Å². The summed E-state index contributed by atoms with van der Waals surface area (Å²) < 4.78 is 5.96. The molecule has 3 aromatic rings. The highest BCUT2D eigenvalue weighted by Crippen LogP contribution is 2.34. The van der Waals surface area contributed by atoms with Crippen LogP contribution in [0.2, 0.25) is 0 Å². The van der Waals surface area contributed by atoms with Crippen LogP contribution >= 0.6 is 0 Å². The molecule has 2 aromatic carbocycles. The van der Waals surface area contributed by atoms with E-state index in [-0.39, 0.29) is 6.04 Å². The van der Waals surface area contributed by atoms with E-state index in [0.717, 1.165) is 48.4 Å². The van der Waals surface area contributed by atoms with Gasteiger partial charge < -0.3 is 9.52 Å². The van der Waals surface area contributed by atoms with Gasteiger partial charge in [0.2, 0.25) is 5.89 Å². The largest absolute Gasteiger partial charge is 0.439 e. The van der Waals surface area contributed by atoms with Gasteiger partial charge in [-0.05, 0) is 50.4 Å². The zero-order valence-corrected chi connectivity index (χ0v) is 14.5. The number of aliphatic hydroxyl groups excluding tert-OH is 1. The second-order valence-corrected chi connectivity index (χ2v) is 6.89. The van der Waals surface area contributed by atoms with Gasteiger partial charge in [0.25, 0.3) is 0 Å². The maximum atomic E-state index is 10.6. The first-order valence-corrected chi connectivity index (χ1v) is 9.06. The molecule has 1 N–H and O–H groups in total. The van der Waals surface area contributed by atoms with Crippen LogP contribution in [0.5, 0.6) is 0 Å². The summed E-state index contributed by atoms with van der Waals surface area (Å²) in [6, 6.07) is 18.3. The zero-order valence-electron chi connectivity index (χ0n) is 14.5. The normalized spacial score (nSPS) is 20.8. The van der Waals surface area contributed by atoms with Crippen LogP contribution in [0.3, 0.4) is 0 Å². The summed E-state index contributed by atoms with van der Waals surface area (Å²) in [4.78, 5) is 7.09. The topological polar surface area (TPSA) is 49.5 Å². The first-order chi connectivity index (χ1) is 12.2.